The molecule has 30 heavy (non-hydrogen) atoms. The summed E-state index contributed by atoms with van der Waals surface area (Å²) < 4.78 is 76.5. The maximum absolute atomic E-state index is 13.7. The zero-order chi connectivity index (χ0) is 21.6. The topological polar surface area (TPSA) is 85.2 Å². The number of fused-ring (bicyclic) bond motifs is 1. The zero-order valence-electron chi connectivity index (χ0n) is 14.4. The number of oxazole rings is 1. The summed E-state index contributed by atoms with van der Waals surface area (Å²) in [4.78, 5) is 30.8. The molecule has 0 aliphatic rings. The minimum Gasteiger partial charge on any atom is -0.445 e. The normalized spacial score (nSPS) is 11.1. The summed E-state index contributed by atoms with van der Waals surface area (Å²) in [6, 6.07) is 5.59. The number of hydrogen-bond acceptors (Lipinski definition) is 5. The standard InChI is InChI=1S/C19H7F5N2O4/c20-11-12(21)14(23)16(15(24)13(11)22)30-19(28)9-5-7-1-2-8(18-25-3-4-29-18)6-10(7)26-17(9)27/h1-6H,(H,26,27). The van der Waals surface area contributed by atoms with Gasteiger partial charge in [0.2, 0.25) is 40.7 Å². The van der Waals surface area contributed by atoms with Crippen molar-refractivity contribution in [3.05, 3.63) is 81.7 Å². The van der Waals surface area contributed by atoms with Crippen molar-refractivity contribution in [3.8, 4) is 17.2 Å². The van der Waals surface area contributed by atoms with E-state index in [-0.39, 0.29) is 11.4 Å². The molecule has 11 heteroatoms. The van der Waals surface area contributed by atoms with E-state index in [9.17, 15) is 31.5 Å². The van der Waals surface area contributed by atoms with E-state index in [1.807, 2.05) is 0 Å². The average molecular weight is 422 g/mol. The Balaban J connectivity index is 1.73. The molecule has 4 aromatic rings. The summed E-state index contributed by atoms with van der Waals surface area (Å²) in [5.74, 6) is -14.8. The smallest absolute Gasteiger partial charge is 0.349 e. The van der Waals surface area contributed by atoms with Crippen LogP contribution in [0.1, 0.15) is 10.4 Å². The van der Waals surface area contributed by atoms with Gasteiger partial charge in [-0.15, -0.1) is 0 Å². The first-order chi connectivity index (χ1) is 14.3. The Kier molecular flexibility index (Phi) is 4.57. The number of nitrogens with one attached hydrogen (secondary N) is 1. The van der Waals surface area contributed by atoms with Gasteiger partial charge in [-0.25, -0.2) is 22.9 Å². The second-order valence-electron chi connectivity index (χ2n) is 5.94. The van der Waals surface area contributed by atoms with Gasteiger partial charge >= 0.3 is 5.97 Å². The molecule has 2 aromatic heterocycles. The maximum atomic E-state index is 13.7. The van der Waals surface area contributed by atoms with E-state index >= 15 is 0 Å². The number of ether oxygens (including phenoxy) is 1. The van der Waals surface area contributed by atoms with E-state index in [1.54, 1.807) is 6.07 Å². The molecule has 0 atom stereocenters. The highest BCUT2D eigenvalue weighted by Gasteiger charge is 2.29. The minimum absolute atomic E-state index is 0.267. The van der Waals surface area contributed by atoms with Crippen molar-refractivity contribution < 1.29 is 35.9 Å². The van der Waals surface area contributed by atoms with Crippen LogP contribution < -0.4 is 10.3 Å². The van der Waals surface area contributed by atoms with E-state index < -0.39 is 51.9 Å². The van der Waals surface area contributed by atoms with Crippen LogP contribution in [0.2, 0.25) is 0 Å². The number of pyridine rings is 1. The number of carbonyl (C=O) groups is 1. The van der Waals surface area contributed by atoms with Crippen LogP contribution in [-0.4, -0.2) is 15.9 Å². The lowest BCUT2D eigenvalue weighted by Crippen LogP contribution is -2.22. The SMILES string of the molecule is O=C(Oc1c(F)c(F)c(F)c(F)c1F)c1cc2ccc(-c3ncco3)cc2[nH]c1=O. The van der Waals surface area contributed by atoms with Crippen LogP contribution in [-0.2, 0) is 0 Å². The minimum atomic E-state index is -2.41. The summed E-state index contributed by atoms with van der Waals surface area (Å²) >= 11 is 0. The van der Waals surface area contributed by atoms with Crippen molar-refractivity contribution in [3.63, 3.8) is 0 Å². The molecular weight excluding hydrogens is 415 g/mol. The van der Waals surface area contributed by atoms with Gasteiger partial charge in [0, 0.05) is 11.1 Å². The largest absolute Gasteiger partial charge is 0.445 e. The van der Waals surface area contributed by atoms with Gasteiger partial charge in [-0.1, -0.05) is 6.07 Å². The fourth-order valence-corrected chi connectivity index (χ4v) is 2.67. The number of hydrogen-bond donors (Lipinski definition) is 1. The van der Waals surface area contributed by atoms with Crippen molar-refractivity contribution in [1.29, 1.82) is 0 Å². The van der Waals surface area contributed by atoms with Crippen LogP contribution in [0.5, 0.6) is 5.75 Å². The highest BCUT2D eigenvalue weighted by molar-refractivity contribution is 5.95. The van der Waals surface area contributed by atoms with Crippen molar-refractivity contribution in [1.82, 2.24) is 9.97 Å². The number of benzene rings is 2. The zero-order valence-corrected chi connectivity index (χ0v) is 14.4. The molecule has 0 radical (unpaired) electrons. The molecule has 2 aromatic carbocycles. The fraction of sp³-hybridized carbons (Fsp3) is 0. The third-order valence-corrected chi connectivity index (χ3v) is 4.11. The second-order valence-corrected chi connectivity index (χ2v) is 5.94. The number of aromatic amines is 1. The van der Waals surface area contributed by atoms with Gasteiger partial charge in [-0.2, -0.15) is 8.78 Å². The van der Waals surface area contributed by atoms with E-state index in [4.69, 9.17) is 4.42 Å². The third-order valence-electron chi connectivity index (χ3n) is 4.11. The molecule has 0 aliphatic heterocycles. The second kappa shape index (κ2) is 7.10. The highest BCUT2D eigenvalue weighted by atomic mass is 19.2. The summed E-state index contributed by atoms with van der Waals surface area (Å²) in [5.41, 5.74) is -0.945. The third kappa shape index (κ3) is 3.09. The van der Waals surface area contributed by atoms with Crippen molar-refractivity contribution in [2.24, 2.45) is 0 Å². The predicted molar refractivity (Wildman–Crippen MR) is 91.3 cm³/mol. The lowest BCUT2D eigenvalue weighted by molar-refractivity contribution is 0.0714. The van der Waals surface area contributed by atoms with Gasteiger partial charge in [-0.05, 0) is 23.6 Å². The maximum Gasteiger partial charge on any atom is 0.349 e. The van der Waals surface area contributed by atoms with Crippen LogP contribution in [0.4, 0.5) is 22.0 Å². The molecular formula is C19H7F5N2O4. The molecule has 0 spiro atoms. The van der Waals surface area contributed by atoms with Gasteiger partial charge in [0.05, 0.1) is 6.20 Å². The molecule has 4 rings (SSSR count). The van der Waals surface area contributed by atoms with Gasteiger partial charge < -0.3 is 14.1 Å². The number of aromatic nitrogens is 2. The number of esters is 1. The Morgan fingerprint density at radius 1 is 0.967 bits per heavy atom. The quantitative estimate of drug-likeness (QED) is 0.177. The first kappa shape index (κ1) is 19.3. The van der Waals surface area contributed by atoms with E-state index in [0.29, 0.717) is 10.9 Å². The molecule has 0 aliphatic carbocycles. The fourth-order valence-electron chi connectivity index (χ4n) is 2.67. The van der Waals surface area contributed by atoms with Gasteiger partial charge in [-0.3, -0.25) is 4.79 Å². The van der Waals surface area contributed by atoms with Crippen LogP contribution in [0, 0.1) is 29.1 Å². The number of nitrogens with zero attached hydrogens (tertiary/aromatic N) is 1. The molecule has 6 nitrogen and oxygen atoms in total. The molecule has 1 N–H and O–H groups in total. The molecule has 0 saturated heterocycles. The molecule has 0 fully saturated rings. The van der Waals surface area contributed by atoms with Gasteiger partial charge in [0.1, 0.15) is 11.8 Å². The molecule has 152 valence electrons. The number of halogens is 5. The molecule has 0 amide bonds. The summed E-state index contributed by atoms with van der Waals surface area (Å²) in [7, 11) is 0. The first-order valence-corrected chi connectivity index (χ1v) is 8.08. The van der Waals surface area contributed by atoms with Crippen LogP contribution in [0.25, 0.3) is 22.4 Å². The highest BCUT2D eigenvalue weighted by Crippen LogP contribution is 2.30. The summed E-state index contributed by atoms with van der Waals surface area (Å²) in [6.07, 6.45) is 2.77. The Labute approximate surface area is 162 Å². The van der Waals surface area contributed by atoms with Crippen molar-refractivity contribution >= 4 is 16.9 Å². The van der Waals surface area contributed by atoms with E-state index in [2.05, 4.69) is 14.7 Å². The Bertz CT molecular complexity index is 1340. The first-order valence-electron chi connectivity index (χ1n) is 8.08. The van der Waals surface area contributed by atoms with E-state index in [1.165, 1.54) is 24.6 Å². The number of carbonyl (C=O) groups excluding carboxylic acids is 1. The average Bonchev–Trinajstić information content (AvgIpc) is 3.28. The van der Waals surface area contributed by atoms with Crippen molar-refractivity contribution in [2.45, 2.75) is 0 Å². The van der Waals surface area contributed by atoms with Gasteiger partial charge in [0.15, 0.2) is 0 Å². The number of rotatable bonds is 3. The Morgan fingerprint density at radius 3 is 2.27 bits per heavy atom. The van der Waals surface area contributed by atoms with Crippen LogP contribution in [0.3, 0.4) is 0 Å². The number of H-pyrrole nitrogens is 1. The van der Waals surface area contributed by atoms with Crippen LogP contribution in [0.15, 0.2) is 45.9 Å². The molecule has 0 unspecified atom stereocenters. The summed E-state index contributed by atoms with van der Waals surface area (Å²) in [5, 5.41) is 0.314. The molecule has 0 bridgehead atoms. The molecule has 2 heterocycles. The lowest BCUT2D eigenvalue weighted by atomic mass is 10.1. The van der Waals surface area contributed by atoms with Crippen molar-refractivity contribution in [2.75, 3.05) is 0 Å². The Morgan fingerprint density at radius 2 is 1.63 bits per heavy atom. The van der Waals surface area contributed by atoms with Crippen LogP contribution >= 0.6 is 0 Å². The predicted octanol–water partition coefficient (Wildman–Crippen LogP) is 4.10. The summed E-state index contributed by atoms with van der Waals surface area (Å²) in [6.45, 7) is 0. The van der Waals surface area contributed by atoms with E-state index in [0.717, 1.165) is 6.07 Å². The van der Waals surface area contributed by atoms with Gasteiger partial charge in [0.25, 0.3) is 5.56 Å². The monoisotopic (exact) mass is 422 g/mol. The lowest BCUT2D eigenvalue weighted by Gasteiger charge is -2.09. The Hall–Kier alpha value is -4.02. The molecule has 0 saturated carbocycles.